The van der Waals surface area contributed by atoms with Crippen LogP contribution in [0, 0.1) is 0 Å². The molecular formula is C12H7Cl5N2O. The van der Waals surface area contributed by atoms with Crippen LogP contribution >= 0.6 is 58.0 Å². The van der Waals surface area contributed by atoms with E-state index in [-0.39, 0.29) is 10.9 Å². The van der Waals surface area contributed by atoms with E-state index >= 15 is 0 Å². The molecule has 0 saturated heterocycles. The van der Waals surface area contributed by atoms with Gasteiger partial charge in [0.1, 0.15) is 16.6 Å². The molecule has 3 nitrogen and oxygen atoms in total. The van der Waals surface area contributed by atoms with Crippen molar-refractivity contribution in [2.24, 2.45) is 0 Å². The number of hydrogen-bond donors (Lipinski definition) is 1. The standard InChI is InChI=1S/C12H7Cl5N2O/c1-18-11-8(16)3-9(17)12(19-11)20-10-4-6(14)5(13)2-7(10)15/h2-4H,1H3,(H,18,19). The Kier molecular flexibility index (Phi) is 5.10. The summed E-state index contributed by atoms with van der Waals surface area (Å²) in [5, 5.41) is 4.38. The number of nitrogens with one attached hydrogen (secondary N) is 1. The lowest BCUT2D eigenvalue weighted by Gasteiger charge is -2.11. The molecule has 0 saturated carbocycles. The largest absolute Gasteiger partial charge is 0.436 e. The summed E-state index contributed by atoms with van der Waals surface area (Å²) in [4.78, 5) is 4.15. The van der Waals surface area contributed by atoms with Gasteiger partial charge in [-0.3, -0.25) is 0 Å². The van der Waals surface area contributed by atoms with Gasteiger partial charge in [-0.15, -0.1) is 0 Å². The van der Waals surface area contributed by atoms with Gasteiger partial charge in [-0.05, 0) is 12.1 Å². The van der Waals surface area contributed by atoms with Crippen molar-refractivity contribution in [3.63, 3.8) is 0 Å². The molecule has 0 aliphatic rings. The Bertz CT molecular complexity index is 663. The lowest BCUT2D eigenvalue weighted by atomic mass is 10.3. The molecule has 1 heterocycles. The van der Waals surface area contributed by atoms with Crippen molar-refractivity contribution >= 4 is 63.8 Å². The number of rotatable bonds is 3. The van der Waals surface area contributed by atoms with Gasteiger partial charge in [0.25, 0.3) is 0 Å². The molecule has 1 aromatic carbocycles. The van der Waals surface area contributed by atoms with Gasteiger partial charge in [0.05, 0.1) is 20.1 Å². The van der Waals surface area contributed by atoms with Crippen molar-refractivity contribution < 1.29 is 4.74 Å². The molecule has 1 aromatic heterocycles. The van der Waals surface area contributed by atoms with Gasteiger partial charge < -0.3 is 10.1 Å². The summed E-state index contributed by atoms with van der Waals surface area (Å²) in [6.07, 6.45) is 0. The van der Waals surface area contributed by atoms with Crippen LogP contribution in [0.15, 0.2) is 18.2 Å². The number of aromatic nitrogens is 1. The molecule has 0 radical (unpaired) electrons. The van der Waals surface area contributed by atoms with E-state index in [1.54, 1.807) is 7.05 Å². The third-order valence-corrected chi connectivity index (χ3v) is 3.89. The zero-order chi connectivity index (χ0) is 14.9. The molecule has 2 rings (SSSR count). The second-order valence-corrected chi connectivity index (χ2v) is 5.69. The van der Waals surface area contributed by atoms with E-state index < -0.39 is 0 Å². The Morgan fingerprint density at radius 3 is 2.10 bits per heavy atom. The number of hydrogen-bond acceptors (Lipinski definition) is 3. The van der Waals surface area contributed by atoms with Gasteiger partial charge in [0.15, 0.2) is 0 Å². The Balaban J connectivity index is 2.42. The zero-order valence-electron chi connectivity index (χ0n) is 9.98. The number of nitrogens with zero attached hydrogens (tertiary/aromatic N) is 1. The van der Waals surface area contributed by atoms with Crippen LogP contribution in [0.4, 0.5) is 5.82 Å². The first-order chi connectivity index (χ1) is 9.42. The van der Waals surface area contributed by atoms with Crippen LogP contribution < -0.4 is 10.1 Å². The monoisotopic (exact) mass is 370 g/mol. The van der Waals surface area contributed by atoms with Gasteiger partial charge in [-0.2, -0.15) is 4.98 Å². The zero-order valence-corrected chi connectivity index (χ0v) is 13.8. The maximum Gasteiger partial charge on any atom is 0.240 e. The third kappa shape index (κ3) is 3.35. The first kappa shape index (κ1) is 15.8. The summed E-state index contributed by atoms with van der Waals surface area (Å²) < 4.78 is 5.56. The molecule has 0 atom stereocenters. The molecular weight excluding hydrogens is 365 g/mol. The molecule has 2 aromatic rings. The fourth-order valence-electron chi connectivity index (χ4n) is 1.38. The van der Waals surface area contributed by atoms with Crippen LogP contribution in [0.2, 0.25) is 25.1 Å². The minimum Gasteiger partial charge on any atom is -0.436 e. The predicted molar refractivity (Wildman–Crippen MR) is 85.3 cm³/mol. The van der Waals surface area contributed by atoms with Crippen molar-refractivity contribution in [2.45, 2.75) is 0 Å². The maximum atomic E-state index is 6.03. The van der Waals surface area contributed by atoms with Crippen molar-refractivity contribution in [1.82, 2.24) is 4.98 Å². The van der Waals surface area contributed by atoms with Crippen LogP contribution in [0.1, 0.15) is 0 Å². The van der Waals surface area contributed by atoms with Crippen LogP contribution in [-0.4, -0.2) is 12.0 Å². The predicted octanol–water partition coefficient (Wildman–Crippen LogP) is 6.18. The van der Waals surface area contributed by atoms with E-state index in [4.69, 9.17) is 62.7 Å². The lowest BCUT2D eigenvalue weighted by Crippen LogP contribution is -1.97. The van der Waals surface area contributed by atoms with Gasteiger partial charge >= 0.3 is 0 Å². The molecule has 106 valence electrons. The first-order valence-electron chi connectivity index (χ1n) is 5.28. The Hall–Kier alpha value is -0.580. The molecule has 0 aliphatic heterocycles. The molecule has 1 N–H and O–H groups in total. The molecule has 0 aliphatic carbocycles. The van der Waals surface area contributed by atoms with Crippen LogP contribution in [0.5, 0.6) is 11.6 Å². The van der Waals surface area contributed by atoms with Gasteiger partial charge in [0.2, 0.25) is 5.88 Å². The summed E-state index contributed by atoms with van der Waals surface area (Å²) >= 11 is 29.8. The first-order valence-corrected chi connectivity index (χ1v) is 7.17. The van der Waals surface area contributed by atoms with E-state index in [0.29, 0.717) is 31.7 Å². The summed E-state index contributed by atoms with van der Waals surface area (Å²) in [6, 6.07) is 4.48. The van der Waals surface area contributed by atoms with Crippen LogP contribution in [0.25, 0.3) is 0 Å². The highest BCUT2D eigenvalue weighted by Crippen LogP contribution is 2.39. The summed E-state index contributed by atoms with van der Waals surface area (Å²) in [5.74, 6) is 0.878. The molecule has 8 heteroatoms. The summed E-state index contributed by atoms with van der Waals surface area (Å²) in [7, 11) is 1.68. The number of ether oxygens (including phenoxy) is 1. The van der Waals surface area contributed by atoms with Crippen molar-refractivity contribution in [2.75, 3.05) is 12.4 Å². The van der Waals surface area contributed by atoms with Gasteiger partial charge in [-0.25, -0.2) is 0 Å². The second-order valence-electron chi connectivity index (χ2n) is 3.65. The van der Waals surface area contributed by atoms with Crippen LogP contribution in [-0.2, 0) is 0 Å². The van der Waals surface area contributed by atoms with Crippen molar-refractivity contribution in [3.05, 3.63) is 43.3 Å². The minimum atomic E-state index is 0.153. The van der Waals surface area contributed by atoms with Crippen LogP contribution in [0.3, 0.4) is 0 Å². The molecule has 0 spiro atoms. The quantitative estimate of drug-likeness (QED) is 0.653. The number of benzene rings is 1. The number of halogens is 5. The van der Waals surface area contributed by atoms with Crippen molar-refractivity contribution in [3.8, 4) is 11.6 Å². The Morgan fingerprint density at radius 1 is 0.850 bits per heavy atom. The minimum absolute atomic E-state index is 0.153. The lowest BCUT2D eigenvalue weighted by molar-refractivity contribution is 0.464. The molecule has 0 amide bonds. The topological polar surface area (TPSA) is 34.2 Å². The Labute approximate surface area is 140 Å². The smallest absolute Gasteiger partial charge is 0.240 e. The van der Waals surface area contributed by atoms with E-state index in [1.165, 1.54) is 18.2 Å². The molecule has 0 bridgehead atoms. The molecule has 20 heavy (non-hydrogen) atoms. The fraction of sp³-hybridized carbons (Fsp3) is 0.0833. The number of anilines is 1. The number of pyridine rings is 1. The SMILES string of the molecule is CNc1nc(Oc2cc(Cl)c(Cl)cc2Cl)c(Cl)cc1Cl. The van der Waals surface area contributed by atoms with Gasteiger partial charge in [0, 0.05) is 13.1 Å². The summed E-state index contributed by atoms with van der Waals surface area (Å²) in [6.45, 7) is 0. The van der Waals surface area contributed by atoms with Gasteiger partial charge in [-0.1, -0.05) is 58.0 Å². The highest BCUT2D eigenvalue weighted by atomic mass is 35.5. The normalized spacial score (nSPS) is 10.5. The second kappa shape index (κ2) is 6.46. The summed E-state index contributed by atoms with van der Waals surface area (Å²) in [5.41, 5.74) is 0. The average molecular weight is 372 g/mol. The van der Waals surface area contributed by atoms with E-state index in [9.17, 15) is 0 Å². The fourth-order valence-corrected chi connectivity index (χ4v) is 2.45. The third-order valence-electron chi connectivity index (χ3n) is 2.32. The highest BCUT2D eigenvalue weighted by Gasteiger charge is 2.14. The van der Waals surface area contributed by atoms with E-state index in [0.717, 1.165) is 0 Å². The molecule has 0 fully saturated rings. The Morgan fingerprint density at radius 2 is 1.45 bits per heavy atom. The molecule has 0 unspecified atom stereocenters. The highest BCUT2D eigenvalue weighted by molar-refractivity contribution is 6.43. The maximum absolute atomic E-state index is 6.03. The van der Waals surface area contributed by atoms with E-state index in [1.807, 2.05) is 0 Å². The average Bonchev–Trinajstić information content (AvgIpc) is 2.38. The van der Waals surface area contributed by atoms with E-state index in [2.05, 4.69) is 10.3 Å². The van der Waals surface area contributed by atoms with Crippen molar-refractivity contribution in [1.29, 1.82) is 0 Å².